The van der Waals surface area contributed by atoms with Crippen LogP contribution in [-0.2, 0) is 16.2 Å². The van der Waals surface area contributed by atoms with Crippen LogP contribution in [0.15, 0.2) is 121 Å². The predicted octanol–water partition coefficient (Wildman–Crippen LogP) is 13.4. The molecule has 0 unspecified atom stereocenters. The van der Waals surface area contributed by atoms with Gasteiger partial charge < -0.3 is 0 Å². The number of thiophene rings is 2. The molecule has 0 fully saturated rings. The molecule has 2 aromatic heterocycles. The van der Waals surface area contributed by atoms with Crippen molar-refractivity contribution >= 4 is 22.7 Å². The minimum atomic E-state index is -0.438. The number of hydrogen-bond acceptors (Lipinski definition) is 2. The fraction of sp³-hybridized carbons (Fsp3) is 0.224. The van der Waals surface area contributed by atoms with E-state index < -0.39 is 10.8 Å². The van der Waals surface area contributed by atoms with Crippen LogP contribution in [0.5, 0.6) is 0 Å². The van der Waals surface area contributed by atoms with Crippen molar-refractivity contribution in [2.45, 2.75) is 71.6 Å². The van der Waals surface area contributed by atoms with Gasteiger partial charge in [0.25, 0.3) is 0 Å². The minimum Gasteiger partial charge on any atom is -0.140 e. The maximum absolute atomic E-state index is 2.62. The summed E-state index contributed by atoms with van der Waals surface area (Å²) in [5.74, 6) is 0. The van der Waals surface area contributed by atoms with E-state index in [-0.39, 0.29) is 5.41 Å². The third-order valence-corrected chi connectivity index (χ3v) is 14.2. The Morgan fingerprint density at radius 3 is 1.08 bits per heavy atom. The molecule has 0 aliphatic heterocycles. The van der Waals surface area contributed by atoms with Gasteiger partial charge in [-0.3, -0.25) is 0 Å². The molecule has 0 spiro atoms. The van der Waals surface area contributed by atoms with E-state index in [9.17, 15) is 0 Å². The quantitative estimate of drug-likeness (QED) is 0.172. The SMILES string of the molecule is Cc1ccc(C2(c3ccc(C)cc3)c3cc4c(cc3-c3sc(C)cc32)C(c2ccc(C)cc2)(c2ccc(C)cc2)c2cc(C(C)(C)C)sc2-4)cc1. The van der Waals surface area contributed by atoms with Crippen LogP contribution < -0.4 is 0 Å². The first-order chi connectivity index (χ1) is 24.4. The fourth-order valence-corrected chi connectivity index (χ4v) is 11.3. The van der Waals surface area contributed by atoms with Crippen LogP contribution in [0.2, 0.25) is 0 Å². The first-order valence-corrected chi connectivity index (χ1v) is 19.8. The Bertz CT molecular complexity index is 2370. The van der Waals surface area contributed by atoms with E-state index in [1.54, 1.807) is 0 Å². The summed E-state index contributed by atoms with van der Waals surface area (Å²) in [6, 6.07) is 47.7. The summed E-state index contributed by atoms with van der Waals surface area (Å²) in [6.07, 6.45) is 0. The molecule has 2 heterocycles. The van der Waals surface area contributed by atoms with Crippen LogP contribution in [0, 0.1) is 34.6 Å². The summed E-state index contributed by atoms with van der Waals surface area (Å²) >= 11 is 3.95. The summed E-state index contributed by atoms with van der Waals surface area (Å²) < 4.78 is 0. The molecule has 0 bridgehead atoms. The van der Waals surface area contributed by atoms with Gasteiger partial charge in [0.05, 0.1) is 10.8 Å². The van der Waals surface area contributed by atoms with Gasteiger partial charge in [0, 0.05) is 19.5 Å². The van der Waals surface area contributed by atoms with Crippen LogP contribution in [0.4, 0.5) is 0 Å². The molecular weight excluding hydrogens is 653 g/mol. The third-order valence-electron chi connectivity index (χ3n) is 11.5. The molecule has 2 aliphatic carbocycles. The van der Waals surface area contributed by atoms with E-state index in [0.717, 1.165) is 0 Å². The lowest BCUT2D eigenvalue weighted by Crippen LogP contribution is -2.30. The zero-order valence-electron chi connectivity index (χ0n) is 30.9. The minimum absolute atomic E-state index is 0.0352. The van der Waals surface area contributed by atoms with Gasteiger partial charge >= 0.3 is 0 Å². The van der Waals surface area contributed by atoms with Crippen LogP contribution in [0.3, 0.4) is 0 Å². The summed E-state index contributed by atoms with van der Waals surface area (Å²) in [6.45, 7) is 18.1. The van der Waals surface area contributed by atoms with Crippen LogP contribution >= 0.6 is 22.7 Å². The molecule has 2 aliphatic rings. The van der Waals surface area contributed by atoms with Crippen molar-refractivity contribution in [2.24, 2.45) is 0 Å². The Hall–Kier alpha value is -4.50. The van der Waals surface area contributed by atoms with Crippen molar-refractivity contribution in [3.63, 3.8) is 0 Å². The fourth-order valence-electron chi connectivity index (χ4n) is 8.91. The molecule has 7 aromatic rings. The molecule has 0 N–H and O–H groups in total. The highest BCUT2D eigenvalue weighted by molar-refractivity contribution is 7.16. The number of hydrogen-bond donors (Lipinski definition) is 0. The van der Waals surface area contributed by atoms with Crippen molar-refractivity contribution < 1.29 is 0 Å². The van der Waals surface area contributed by atoms with Gasteiger partial charge in [-0.1, -0.05) is 140 Å². The van der Waals surface area contributed by atoms with Crippen molar-refractivity contribution in [1.82, 2.24) is 0 Å². The normalized spacial score (nSPS) is 15.0. The number of aryl methyl sites for hydroxylation is 5. The largest absolute Gasteiger partial charge is 0.140 e. The Morgan fingerprint density at radius 1 is 0.392 bits per heavy atom. The molecule has 2 heteroatoms. The second kappa shape index (κ2) is 11.2. The first-order valence-electron chi connectivity index (χ1n) is 18.2. The lowest BCUT2D eigenvalue weighted by atomic mass is 9.65. The number of benzene rings is 5. The van der Waals surface area contributed by atoms with Crippen LogP contribution in [0.1, 0.15) is 97.3 Å². The molecule has 252 valence electrons. The second-order valence-electron chi connectivity index (χ2n) is 16.1. The molecular formula is C49H44S2. The molecule has 0 amide bonds. The molecule has 0 saturated carbocycles. The van der Waals surface area contributed by atoms with Gasteiger partial charge in [-0.25, -0.2) is 0 Å². The molecule has 0 atom stereocenters. The van der Waals surface area contributed by atoms with Crippen molar-refractivity contribution in [3.8, 4) is 20.9 Å². The maximum Gasteiger partial charge on any atom is 0.0722 e. The lowest BCUT2D eigenvalue weighted by Gasteiger charge is -2.35. The Morgan fingerprint density at radius 2 is 0.725 bits per heavy atom. The van der Waals surface area contributed by atoms with Gasteiger partial charge in [-0.2, -0.15) is 0 Å². The first kappa shape index (κ1) is 32.4. The smallest absolute Gasteiger partial charge is 0.0722 e. The highest BCUT2D eigenvalue weighted by atomic mass is 32.1. The summed E-state index contributed by atoms with van der Waals surface area (Å²) in [7, 11) is 0. The molecule has 0 radical (unpaired) electrons. The monoisotopic (exact) mass is 696 g/mol. The highest BCUT2D eigenvalue weighted by Gasteiger charge is 2.53. The van der Waals surface area contributed by atoms with Gasteiger partial charge in [0.2, 0.25) is 0 Å². The zero-order valence-corrected chi connectivity index (χ0v) is 32.5. The molecule has 0 nitrogen and oxygen atoms in total. The highest BCUT2D eigenvalue weighted by Crippen LogP contribution is 2.65. The second-order valence-corrected chi connectivity index (χ2v) is 18.4. The van der Waals surface area contributed by atoms with E-state index in [1.807, 2.05) is 22.7 Å². The van der Waals surface area contributed by atoms with E-state index >= 15 is 0 Å². The standard InChI is InChI=1S/C49H44S2/c1-29-9-17-34(18-10-29)48(35-19-11-30(2)12-20-35)40-27-39-41(26-38(40)45-42(48)25-33(5)50-45)49(36-21-13-31(3)14-22-36,37-23-15-32(4)16-24-37)43-28-44(47(6,7)8)51-46(39)43/h9-28H,1-8H3. The van der Waals surface area contributed by atoms with Gasteiger partial charge in [0.1, 0.15) is 0 Å². The Labute approximate surface area is 311 Å². The lowest BCUT2D eigenvalue weighted by molar-refractivity contribution is 0.602. The van der Waals surface area contributed by atoms with E-state index in [4.69, 9.17) is 0 Å². The third kappa shape index (κ3) is 4.55. The average Bonchev–Trinajstić information content (AvgIpc) is 3.84. The Balaban J connectivity index is 1.45. The average molecular weight is 697 g/mol. The maximum atomic E-state index is 2.62. The predicted molar refractivity (Wildman–Crippen MR) is 219 cm³/mol. The van der Waals surface area contributed by atoms with Crippen LogP contribution in [-0.4, -0.2) is 0 Å². The molecule has 0 saturated heterocycles. The zero-order chi connectivity index (χ0) is 35.4. The number of rotatable bonds is 4. The van der Waals surface area contributed by atoms with Crippen molar-refractivity contribution in [1.29, 1.82) is 0 Å². The van der Waals surface area contributed by atoms with Gasteiger partial charge in [0.15, 0.2) is 0 Å². The van der Waals surface area contributed by atoms with Crippen molar-refractivity contribution in [3.05, 3.63) is 198 Å². The van der Waals surface area contributed by atoms with Crippen LogP contribution in [0.25, 0.3) is 20.9 Å². The summed E-state index contributed by atoms with van der Waals surface area (Å²) in [5, 5.41) is 0. The molecule has 51 heavy (non-hydrogen) atoms. The topological polar surface area (TPSA) is 0 Å². The Kier molecular flexibility index (Phi) is 7.15. The summed E-state index contributed by atoms with van der Waals surface area (Å²) in [5.41, 5.74) is 18.0. The molecule has 9 rings (SSSR count). The van der Waals surface area contributed by atoms with Crippen molar-refractivity contribution in [2.75, 3.05) is 0 Å². The molecule has 5 aromatic carbocycles. The van der Waals surface area contributed by atoms with Gasteiger partial charge in [-0.05, 0) is 120 Å². The van der Waals surface area contributed by atoms with E-state index in [1.165, 1.54) is 97.4 Å². The summed E-state index contributed by atoms with van der Waals surface area (Å²) in [4.78, 5) is 5.60. The van der Waals surface area contributed by atoms with Gasteiger partial charge in [-0.15, -0.1) is 22.7 Å². The van der Waals surface area contributed by atoms with E-state index in [2.05, 4.69) is 177 Å². The van der Waals surface area contributed by atoms with E-state index in [0.29, 0.717) is 0 Å². The number of fused-ring (bicyclic) bond motifs is 6.